The van der Waals surface area contributed by atoms with Crippen LogP contribution in [0.25, 0.3) is 0 Å². The van der Waals surface area contributed by atoms with Crippen LogP contribution >= 0.6 is 0 Å². The molecule has 0 aliphatic carbocycles. The highest BCUT2D eigenvalue weighted by molar-refractivity contribution is 6.00. The summed E-state index contributed by atoms with van der Waals surface area (Å²) in [6.45, 7) is 1.20. The van der Waals surface area contributed by atoms with E-state index in [9.17, 15) is 4.79 Å². The number of Topliss-reactive ketones (excluding diaryl/α,β-unsaturated/α-hetero) is 1. The molecule has 0 amide bonds. The van der Waals surface area contributed by atoms with Gasteiger partial charge in [0.1, 0.15) is 5.75 Å². The molecule has 2 N–H and O–H groups in total. The van der Waals surface area contributed by atoms with Crippen LogP contribution in [0.4, 0.5) is 0 Å². The predicted octanol–water partition coefficient (Wildman–Crippen LogP) is 1.17. The van der Waals surface area contributed by atoms with Crippen molar-refractivity contribution in [3.63, 3.8) is 0 Å². The SMILES string of the molecule is COCCC(N)C(=O)c1ccc2c(c1)CCO2. The monoisotopic (exact) mass is 235 g/mol. The van der Waals surface area contributed by atoms with Crippen LogP contribution in [0.3, 0.4) is 0 Å². The van der Waals surface area contributed by atoms with Gasteiger partial charge in [0.15, 0.2) is 5.78 Å². The van der Waals surface area contributed by atoms with Crippen molar-refractivity contribution in [1.29, 1.82) is 0 Å². The highest BCUT2D eigenvalue weighted by atomic mass is 16.5. The van der Waals surface area contributed by atoms with Gasteiger partial charge in [0, 0.05) is 25.7 Å². The number of ether oxygens (including phenoxy) is 2. The van der Waals surface area contributed by atoms with Gasteiger partial charge < -0.3 is 15.2 Å². The number of carbonyl (C=O) groups excluding carboxylic acids is 1. The molecule has 0 saturated heterocycles. The zero-order valence-corrected chi connectivity index (χ0v) is 9.94. The Labute approximate surface area is 101 Å². The van der Waals surface area contributed by atoms with Crippen LogP contribution < -0.4 is 10.5 Å². The molecule has 0 spiro atoms. The van der Waals surface area contributed by atoms with Gasteiger partial charge in [-0.05, 0) is 30.2 Å². The molecule has 0 bridgehead atoms. The van der Waals surface area contributed by atoms with E-state index >= 15 is 0 Å². The molecule has 1 aromatic carbocycles. The van der Waals surface area contributed by atoms with Crippen LogP contribution in [0, 0.1) is 0 Å². The van der Waals surface area contributed by atoms with Gasteiger partial charge in [-0.2, -0.15) is 0 Å². The van der Waals surface area contributed by atoms with Crippen molar-refractivity contribution >= 4 is 5.78 Å². The standard InChI is InChI=1S/C13H17NO3/c1-16-6-5-11(14)13(15)10-2-3-12-9(8-10)4-7-17-12/h2-3,8,11H,4-7,14H2,1H3. The van der Waals surface area contributed by atoms with E-state index in [1.807, 2.05) is 12.1 Å². The Kier molecular flexibility index (Phi) is 3.76. The van der Waals surface area contributed by atoms with Gasteiger partial charge >= 0.3 is 0 Å². The Morgan fingerprint density at radius 1 is 1.59 bits per heavy atom. The average Bonchev–Trinajstić information content (AvgIpc) is 2.81. The number of rotatable bonds is 5. The van der Waals surface area contributed by atoms with Gasteiger partial charge in [-0.25, -0.2) is 0 Å². The molecular formula is C13H17NO3. The molecule has 1 unspecified atom stereocenters. The third kappa shape index (κ3) is 2.65. The molecule has 92 valence electrons. The summed E-state index contributed by atoms with van der Waals surface area (Å²) in [4.78, 5) is 12.0. The maximum atomic E-state index is 12.0. The van der Waals surface area contributed by atoms with E-state index in [4.69, 9.17) is 15.2 Å². The lowest BCUT2D eigenvalue weighted by atomic mass is 10.00. The molecule has 1 heterocycles. The number of hydrogen-bond acceptors (Lipinski definition) is 4. The van der Waals surface area contributed by atoms with Crippen LogP contribution in [-0.4, -0.2) is 32.1 Å². The van der Waals surface area contributed by atoms with E-state index in [0.29, 0.717) is 25.2 Å². The second-order valence-electron chi connectivity index (χ2n) is 4.17. The minimum Gasteiger partial charge on any atom is -0.493 e. The molecule has 0 fully saturated rings. The number of carbonyl (C=O) groups is 1. The van der Waals surface area contributed by atoms with E-state index in [1.165, 1.54) is 0 Å². The molecule has 4 heteroatoms. The third-order valence-corrected chi connectivity index (χ3v) is 2.94. The number of hydrogen-bond donors (Lipinski definition) is 1. The molecule has 0 saturated carbocycles. The molecule has 4 nitrogen and oxygen atoms in total. The summed E-state index contributed by atoms with van der Waals surface area (Å²) < 4.78 is 10.3. The summed E-state index contributed by atoms with van der Waals surface area (Å²) in [7, 11) is 1.60. The fourth-order valence-electron chi connectivity index (χ4n) is 1.93. The normalized spacial score (nSPS) is 15.2. The molecule has 17 heavy (non-hydrogen) atoms. The summed E-state index contributed by atoms with van der Waals surface area (Å²) in [5.41, 5.74) is 7.58. The minimum absolute atomic E-state index is 0.0308. The van der Waals surface area contributed by atoms with Crippen LogP contribution in [0.15, 0.2) is 18.2 Å². The topological polar surface area (TPSA) is 61.5 Å². The number of benzene rings is 1. The summed E-state index contributed by atoms with van der Waals surface area (Å²) in [6, 6.07) is 5.02. The highest BCUT2D eigenvalue weighted by Crippen LogP contribution is 2.26. The summed E-state index contributed by atoms with van der Waals surface area (Å²) in [6.07, 6.45) is 1.41. The number of ketones is 1. The lowest BCUT2D eigenvalue weighted by molar-refractivity contribution is 0.0935. The quantitative estimate of drug-likeness (QED) is 0.778. The molecule has 0 radical (unpaired) electrons. The van der Waals surface area contributed by atoms with Gasteiger partial charge in [-0.15, -0.1) is 0 Å². The van der Waals surface area contributed by atoms with E-state index < -0.39 is 6.04 Å². The molecule has 0 aromatic heterocycles. The van der Waals surface area contributed by atoms with Crippen molar-refractivity contribution in [3.8, 4) is 5.75 Å². The molecule has 1 aromatic rings. The summed E-state index contributed by atoms with van der Waals surface area (Å²) in [5, 5.41) is 0. The smallest absolute Gasteiger partial charge is 0.179 e. The average molecular weight is 235 g/mol. The van der Waals surface area contributed by atoms with Crippen molar-refractivity contribution in [2.45, 2.75) is 18.9 Å². The van der Waals surface area contributed by atoms with Crippen LogP contribution in [0.1, 0.15) is 22.3 Å². The molecule has 1 aliphatic heterocycles. The van der Waals surface area contributed by atoms with E-state index in [1.54, 1.807) is 13.2 Å². The van der Waals surface area contributed by atoms with Crippen LogP contribution in [0.5, 0.6) is 5.75 Å². The first kappa shape index (κ1) is 12.1. The van der Waals surface area contributed by atoms with Gasteiger partial charge in [0.05, 0.1) is 12.6 Å². The molecule has 1 atom stereocenters. The zero-order chi connectivity index (χ0) is 12.3. The fraction of sp³-hybridized carbons (Fsp3) is 0.462. The Morgan fingerprint density at radius 3 is 3.18 bits per heavy atom. The lowest BCUT2D eigenvalue weighted by Gasteiger charge is -2.10. The Hall–Kier alpha value is -1.39. The first-order chi connectivity index (χ1) is 8.22. The number of nitrogens with two attached hydrogens (primary N) is 1. The fourth-order valence-corrected chi connectivity index (χ4v) is 1.93. The van der Waals surface area contributed by atoms with E-state index in [2.05, 4.69) is 0 Å². The van der Waals surface area contributed by atoms with Crippen LogP contribution in [0.2, 0.25) is 0 Å². The summed E-state index contributed by atoms with van der Waals surface area (Å²) in [5.74, 6) is 0.851. The van der Waals surface area contributed by atoms with Crippen LogP contribution in [-0.2, 0) is 11.2 Å². The summed E-state index contributed by atoms with van der Waals surface area (Å²) >= 11 is 0. The maximum Gasteiger partial charge on any atom is 0.179 e. The Balaban J connectivity index is 2.09. The van der Waals surface area contributed by atoms with Crippen molar-refractivity contribution in [1.82, 2.24) is 0 Å². The third-order valence-electron chi connectivity index (χ3n) is 2.94. The van der Waals surface area contributed by atoms with Gasteiger partial charge in [-0.3, -0.25) is 4.79 Å². The second-order valence-corrected chi connectivity index (χ2v) is 4.17. The van der Waals surface area contributed by atoms with Crippen molar-refractivity contribution in [3.05, 3.63) is 29.3 Å². The largest absolute Gasteiger partial charge is 0.493 e. The highest BCUT2D eigenvalue weighted by Gasteiger charge is 2.19. The van der Waals surface area contributed by atoms with Gasteiger partial charge in [-0.1, -0.05) is 0 Å². The molecular weight excluding hydrogens is 218 g/mol. The first-order valence-electron chi connectivity index (χ1n) is 5.77. The number of fused-ring (bicyclic) bond motifs is 1. The minimum atomic E-state index is -0.490. The number of methoxy groups -OCH3 is 1. The van der Waals surface area contributed by atoms with Crippen molar-refractivity contribution < 1.29 is 14.3 Å². The van der Waals surface area contributed by atoms with Crippen molar-refractivity contribution in [2.24, 2.45) is 5.73 Å². The predicted molar refractivity (Wildman–Crippen MR) is 64.4 cm³/mol. The molecule has 2 rings (SSSR count). The van der Waals surface area contributed by atoms with Crippen molar-refractivity contribution in [2.75, 3.05) is 20.3 Å². The Morgan fingerprint density at radius 2 is 2.41 bits per heavy atom. The first-order valence-corrected chi connectivity index (χ1v) is 5.77. The Bertz CT molecular complexity index is 417. The van der Waals surface area contributed by atoms with Gasteiger partial charge in [0.2, 0.25) is 0 Å². The molecule has 1 aliphatic rings. The maximum absolute atomic E-state index is 12.0. The van der Waals surface area contributed by atoms with E-state index in [-0.39, 0.29) is 5.78 Å². The lowest BCUT2D eigenvalue weighted by Crippen LogP contribution is -2.31. The second kappa shape index (κ2) is 5.29. The van der Waals surface area contributed by atoms with E-state index in [0.717, 1.165) is 17.7 Å². The zero-order valence-electron chi connectivity index (χ0n) is 9.94. The van der Waals surface area contributed by atoms with Gasteiger partial charge in [0.25, 0.3) is 0 Å².